The maximum absolute atomic E-state index is 12.1. The first-order chi connectivity index (χ1) is 11.3. The Kier molecular flexibility index (Phi) is 5.75. The Morgan fingerprint density at radius 3 is 2.46 bits per heavy atom. The number of benzene rings is 2. The molecule has 3 N–H and O–H groups in total. The quantitative estimate of drug-likeness (QED) is 0.842. The van der Waals surface area contributed by atoms with Crippen molar-refractivity contribution in [2.24, 2.45) is 5.14 Å². The minimum Gasteiger partial charge on any atom is -0.350 e. The smallest absolute Gasteiger partial charge is 0.238 e. The molecule has 128 valence electrons. The van der Waals surface area contributed by atoms with E-state index in [4.69, 9.17) is 5.14 Å². The largest absolute Gasteiger partial charge is 0.350 e. The van der Waals surface area contributed by atoms with Gasteiger partial charge >= 0.3 is 0 Å². The van der Waals surface area contributed by atoms with E-state index in [1.807, 2.05) is 38.1 Å². The molecule has 0 bridgehead atoms. The molecule has 2 rings (SSSR count). The number of amides is 1. The predicted molar refractivity (Wildman–Crippen MR) is 93.9 cm³/mol. The van der Waals surface area contributed by atoms with Crippen LogP contribution in [-0.2, 0) is 21.2 Å². The lowest BCUT2D eigenvalue weighted by atomic mass is 10.1. The van der Waals surface area contributed by atoms with E-state index in [0.717, 1.165) is 5.56 Å². The number of rotatable bonds is 6. The third kappa shape index (κ3) is 5.18. The van der Waals surface area contributed by atoms with Crippen LogP contribution >= 0.6 is 0 Å². The minimum absolute atomic E-state index is 0.0424. The zero-order valence-corrected chi connectivity index (χ0v) is 14.6. The van der Waals surface area contributed by atoms with Crippen molar-refractivity contribution in [3.63, 3.8) is 0 Å². The molecular weight excluding hydrogens is 324 g/mol. The number of carbonyl (C=O) groups is 1. The maximum Gasteiger partial charge on any atom is 0.238 e. The van der Waals surface area contributed by atoms with Crippen molar-refractivity contribution < 1.29 is 13.2 Å². The monoisotopic (exact) mass is 346 g/mol. The minimum atomic E-state index is -3.75. The SMILES string of the molecule is Cc1ccc(CCC(=O)NC(C)c2cccc(S(N)(=O)=O)c2)cc1. The summed E-state index contributed by atoms with van der Waals surface area (Å²) in [7, 11) is -3.75. The number of nitrogens with one attached hydrogen (secondary N) is 1. The summed E-state index contributed by atoms with van der Waals surface area (Å²) in [4.78, 5) is 12.1. The highest BCUT2D eigenvalue weighted by atomic mass is 32.2. The first-order valence-electron chi connectivity index (χ1n) is 7.73. The van der Waals surface area contributed by atoms with E-state index in [1.165, 1.54) is 17.7 Å². The normalized spacial score (nSPS) is 12.6. The summed E-state index contributed by atoms with van der Waals surface area (Å²) < 4.78 is 22.8. The van der Waals surface area contributed by atoms with Crippen LogP contribution in [-0.4, -0.2) is 14.3 Å². The molecule has 0 radical (unpaired) electrons. The van der Waals surface area contributed by atoms with Gasteiger partial charge < -0.3 is 5.32 Å². The number of hydrogen-bond donors (Lipinski definition) is 2. The number of nitrogens with two attached hydrogens (primary N) is 1. The fourth-order valence-corrected chi connectivity index (χ4v) is 2.94. The van der Waals surface area contributed by atoms with Crippen molar-refractivity contribution in [3.8, 4) is 0 Å². The predicted octanol–water partition coefficient (Wildman–Crippen LogP) is 2.45. The molecule has 2 aromatic rings. The first-order valence-corrected chi connectivity index (χ1v) is 9.28. The van der Waals surface area contributed by atoms with Crippen LogP contribution < -0.4 is 10.5 Å². The van der Waals surface area contributed by atoms with Crippen LogP contribution in [0.25, 0.3) is 0 Å². The second-order valence-corrected chi connectivity index (χ2v) is 7.45. The van der Waals surface area contributed by atoms with Crippen molar-refractivity contribution in [3.05, 3.63) is 65.2 Å². The van der Waals surface area contributed by atoms with Crippen LogP contribution in [0.5, 0.6) is 0 Å². The van der Waals surface area contributed by atoms with Crippen molar-refractivity contribution in [2.45, 2.75) is 37.6 Å². The highest BCUT2D eigenvalue weighted by Gasteiger charge is 2.13. The molecule has 0 aromatic heterocycles. The van der Waals surface area contributed by atoms with Crippen molar-refractivity contribution >= 4 is 15.9 Å². The Morgan fingerprint density at radius 1 is 1.17 bits per heavy atom. The summed E-state index contributed by atoms with van der Waals surface area (Å²) in [5.74, 6) is -0.0796. The second kappa shape index (κ2) is 7.59. The van der Waals surface area contributed by atoms with Crippen LogP contribution in [0.1, 0.15) is 36.1 Å². The zero-order chi connectivity index (χ0) is 17.7. The van der Waals surface area contributed by atoms with E-state index in [0.29, 0.717) is 18.4 Å². The molecular formula is C18H22N2O3S. The molecule has 1 unspecified atom stereocenters. The summed E-state index contributed by atoms with van der Waals surface area (Å²) in [5, 5.41) is 8.02. The number of hydrogen-bond acceptors (Lipinski definition) is 3. The summed E-state index contributed by atoms with van der Waals surface area (Å²) in [6, 6.07) is 14.1. The van der Waals surface area contributed by atoms with Gasteiger partial charge in [-0.1, -0.05) is 42.0 Å². The summed E-state index contributed by atoms with van der Waals surface area (Å²) >= 11 is 0. The van der Waals surface area contributed by atoms with Crippen molar-refractivity contribution in [1.82, 2.24) is 5.32 Å². The van der Waals surface area contributed by atoms with Crippen LogP contribution in [0, 0.1) is 6.92 Å². The third-order valence-electron chi connectivity index (χ3n) is 3.83. The van der Waals surface area contributed by atoms with Gasteiger partial charge in [-0.25, -0.2) is 13.6 Å². The molecule has 24 heavy (non-hydrogen) atoms. The average Bonchev–Trinajstić information content (AvgIpc) is 2.53. The van der Waals surface area contributed by atoms with Gasteiger partial charge in [0, 0.05) is 6.42 Å². The lowest BCUT2D eigenvalue weighted by molar-refractivity contribution is -0.121. The van der Waals surface area contributed by atoms with Gasteiger partial charge in [-0.3, -0.25) is 4.79 Å². The lowest BCUT2D eigenvalue weighted by Crippen LogP contribution is -2.27. The third-order valence-corrected chi connectivity index (χ3v) is 4.74. The van der Waals surface area contributed by atoms with Gasteiger partial charge in [-0.15, -0.1) is 0 Å². The molecule has 0 saturated carbocycles. The average molecular weight is 346 g/mol. The molecule has 1 atom stereocenters. The zero-order valence-electron chi connectivity index (χ0n) is 13.8. The van der Waals surface area contributed by atoms with Gasteiger partial charge in [0.25, 0.3) is 0 Å². The van der Waals surface area contributed by atoms with Gasteiger partial charge in [-0.2, -0.15) is 0 Å². The van der Waals surface area contributed by atoms with Crippen LogP contribution in [0.4, 0.5) is 0 Å². The van der Waals surface area contributed by atoms with E-state index in [-0.39, 0.29) is 16.8 Å². The molecule has 6 heteroatoms. The molecule has 0 saturated heterocycles. The Hall–Kier alpha value is -2.18. The molecule has 0 heterocycles. The maximum atomic E-state index is 12.1. The molecule has 2 aromatic carbocycles. The second-order valence-electron chi connectivity index (χ2n) is 5.89. The fourth-order valence-electron chi connectivity index (χ4n) is 2.37. The Morgan fingerprint density at radius 2 is 1.83 bits per heavy atom. The first kappa shape index (κ1) is 18.2. The lowest BCUT2D eigenvalue weighted by Gasteiger charge is -2.15. The molecule has 5 nitrogen and oxygen atoms in total. The Labute approximate surface area is 142 Å². The molecule has 0 aliphatic heterocycles. The number of aryl methyl sites for hydroxylation is 2. The topological polar surface area (TPSA) is 89.3 Å². The number of carbonyl (C=O) groups excluding carboxylic acids is 1. The van der Waals surface area contributed by atoms with E-state index < -0.39 is 10.0 Å². The molecule has 0 aliphatic carbocycles. The van der Waals surface area contributed by atoms with E-state index >= 15 is 0 Å². The van der Waals surface area contributed by atoms with Crippen molar-refractivity contribution in [2.75, 3.05) is 0 Å². The standard InChI is InChI=1S/C18H22N2O3S/c1-13-6-8-15(9-7-13)10-11-18(21)20-14(2)16-4-3-5-17(12-16)24(19,22)23/h3-9,12,14H,10-11H2,1-2H3,(H,20,21)(H2,19,22,23). The van der Waals surface area contributed by atoms with E-state index in [9.17, 15) is 13.2 Å². The van der Waals surface area contributed by atoms with Gasteiger partial charge in [0.05, 0.1) is 10.9 Å². The van der Waals surface area contributed by atoms with Crippen LogP contribution in [0.2, 0.25) is 0 Å². The highest BCUT2D eigenvalue weighted by Crippen LogP contribution is 2.17. The number of primary sulfonamides is 1. The molecule has 1 amide bonds. The summed E-state index contributed by atoms with van der Waals surface area (Å²) in [5.41, 5.74) is 3.00. The molecule has 0 aliphatic rings. The van der Waals surface area contributed by atoms with E-state index in [2.05, 4.69) is 5.32 Å². The van der Waals surface area contributed by atoms with Crippen molar-refractivity contribution in [1.29, 1.82) is 0 Å². The van der Waals surface area contributed by atoms with Gasteiger partial charge in [-0.05, 0) is 43.5 Å². The van der Waals surface area contributed by atoms with Crippen LogP contribution in [0.15, 0.2) is 53.4 Å². The number of sulfonamides is 1. The Bertz CT molecular complexity index is 814. The van der Waals surface area contributed by atoms with Gasteiger partial charge in [0.1, 0.15) is 0 Å². The van der Waals surface area contributed by atoms with Gasteiger partial charge in [0.2, 0.25) is 15.9 Å². The highest BCUT2D eigenvalue weighted by molar-refractivity contribution is 7.89. The molecule has 0 spiro atoms. The van der Waals surface area contributed by atoms with E-state index in [1.54, 1.807) is 12.1 Å². The van der Waals surface area contributed by atoms with Crippen LogP contribution in [0.3, 0.4) is 0 Å². The molecule has 0 fully saturated rings. The fraction of sp³-hybridized carbons (Fsp3) is 0.278. The van der Waals surface area contributed by atoms with Gasteiger partial charge in [0.15, 0.2) is 0 Å². The summed E-state index contributed by atoms with van der Waals surface area (Å²) in [6.07, 6.45) is 1.04. The summed E-state index contributed by atoms with van der Waals surface area (Å²) in [6.45, 7) is 3.83. The Balaban J connectivity index is 1.95.